The summed E-state index contributed by atoms with van der Waals surface area (Å²) in [5.41, 5.74) is 0.837. The van der Waals surface area contributed by atoms with Gasteiger partial charge in [0.1, 0.15) is 18.4 Å². The fourth-order valence-corrected chi connectivity index (χ4v) is 4.48. The summed E-state index contributed by atoms with van der Waals surface area (Å²) in [7, 11) is 0. The highest BCUT2D eigenvalue weighted by atomic mass is 16.4. The summed E-state index contributed by atoms with van der Waals surface area (Å²) >= 11 is 0. The number of fused-ring (bicyclic) bond motifs is 1. The second kappa shape index (κ2) is 12.0. The SMILES string of the molecule is CC(=O)N([C@H](C=O)CC(=O)O)N1C(=O)[C@@H](NC(=O)c2ccccc2)CN(C(=O)c2ccccc2)c2ccccc21. The van der Waals surface area contributed by atoms with Crippen molar-refractivity contribution in [2.24, 2.45) is 0 Å². The molecular formula is C29H26N4O7. The van der Waals surface area contributed by atoms with Crippen LogP contribution >= 0.6 is 0 Å². The van der Waals surface area contributed by atoms with Crippen LogP contribution in [0.4, 0.5) is 11.4 Å². The van der Waals surface area contributed by atoms with Crippen molar-refractivity contribution in [3.63, 3.8) is 0 Å². The minimum absolute atomic E-state index is 0.0562. The molecule has 1 aliphatic rings. The Bertz CT molecular complexity index is 1450. The van der Waals surface area contributed by atoms with Gasteiger partial charge in [0.25, 0.3) is 17.7 Å². The van der Waals surface area contributed by atoms with Gasteiger partial charge in [-0.1, -0.05) is 48.5 Å². The molecule has 0 saturated carbocycles. The Balaban J connectivity index is 1.88. The summed E-state index contributed by atoms with van der Waals surface area (Å²) in [4.78, 5) is 78.8. The van der Waals surface area contributed by atoms with E-state index in [0.717, 1.165) is 16.9 Å². The number of benzene rings is 3. The Labute approximate surface area is 229 Å². The zero-order chi connectivity index (χ0) is 28.8. The van der Waals surface area contributed by atoms with Crippen molar-refractivity contribution in [1.82, 2.24) is 10.3 Å². The number of amides is 4. The monoisotopic (exact) mass is 542 g/mol. The molecule has 2 atom stereocenters. The molecule has 1 heterocycles. The van der Waals surface area contributed by atoms with Gasteiger partial charge in [0, 0.05) is 18.1 Å². The third kappa shape index (κ3) is 5.73. The molecule has 0 radical (unpaired) electrons. The lowest BCUT2D eigenvalue weighted by Gasteiger charge is -2.38. The van der Waals surface area contributed by atoms with Gasteiger partial charge in [-0.25, -0.2) is 10.0 Å². The van der Waals surface area contributed by atoms with E-state index in [1.54, 1.807) is 78.9 Å². The molecule has 204 valence electrons. The molecule has 11 heteroatoms. The molecule has 1 aliphatic heterocycles. The number of hydrogen-bond donors (Lipinski definition) is 2. The van der Waals surface area contributed by atoms with E-state index in [1.807, 2.05) is 0 Å². The lowest BCUT2D eigenvalue weighted by atomic mass is 10.1. The molecule has 0 unspecified atom stereocenters. The Morgan fingerprint density at radius 2 is 1.48 bits per heavy atom. The summed E-state index contributed by atoms with van der Waals surface area (Å²) in [5, 5.41) is 13.7. The first kappa shape index (κ1) is 27.7. The van der Waals surface area contributed by atoms with Gasteiger partial charge in [-0.05, 0) is 36.4 Å². The Morgan fingerprint density at radius 1 is 0.925 bits per heavy atom. The molecule has 0 aliphatic carbocycles. The maximum atomic E-state index is 14.1. The molecule has 0 fully saturated rings. The predicted octanol–water partition coefficient (Wildman–Crippen LogP) is 2.28. The van der Waals surface area contributed by atoms with E-state index in [1.165, 1.54) is 11.0 Å². The quantitative estimate of drug-likeness (QED) is 0.416. The fourth-order valence-electron chi connectivity index (χ4n) is 4.48. The normalized spacial score (nSPS) is 15.3. The highest BCUT2D eigenvalue weighted by molar-refractivity contribution is 6.13. The van der Waals surface area contributed by atoms with Gasteiger partial charge in [0.15, 0.2) is 0 Å². The second-order valence-electron chi connectivity index (χ2n) is 8.98. The summed E-state index contributed by atoms with van der Waals surface area (Å²) < 4.78 is 0. The minimum atomic E-state index is -1.55. The molecule has 40 heavy (non-hydrogen) atoms. The molecule has 3 aromatic carbocycles. The topological polar surface area (TPSA) is 144 Å². The van der Waals surface area contributed by atoms with Crippen LogP contribution in [0.5, 0.6) is 0 Å². The molecule has 0 saturated heterocycles. The largest absolute Gasteiger partial charge is 0.481 e. The lowest BCUT2D eigenvalue weighted by Crippen LogP contribution is -2.61. The van der Waals surface area contributed by atoms with Crippen molar-refractivity contribution >= 4 is 47.3 Å². The number of rotatable bonds is 8. The number of aliphatic carboxylic acids is 1. The average Bonchev–Trinajstić information content (AvgIpc) is 3.07. The van der Waals surface area contributed by atoms with Crippen molar-refractivity contribution in [1.29, 1.82) is 0 Å². The number of para-hydroxylation sites is 2. The zero-order valence-corrected chi connectivity index (χ0v) is 21.5. The number of hydrogen-bond acceptors (Lipinski definition) is 6. The molecule has 2 N–H and O–H groups in total. The number of hydrazine groups is 1. The number of carboxylic acid groups (broad SMARTS) is 1. The number of nitrogens with zero attached hydrogens (tertiary/aromatic N) is 3. The number of carbonyl (C=O) groups is 6. The molecule has 11 nitrogen and oxygen atoms in total. The lowest BCUT2D eigenvalue weighted by molar-refractivity contribution is -0.145. The molecule has 0 spiro atoms. The van der Waals surface area contributed by atoms with Crippen LogP contribution in [-0.4, -0.2) is 64.6 Å². The Kier molecular flexibility index (Phi) is 8.33. The van der Waals surface area contributed by atoms with E-state index >= 15 is 0 Å². The smallest absolute Gasteiger partial charge is 0.305 e. The predicted molar refractivity (Wildman–Crippen MR) is 144 cm³/mol. The summed E-state index contributed by atoms with van der Waals surface area (Å²) in [5.74, 6) is -4.09. The first-order valence-electron chi connectivity index (χ1n) is 12.4. The highest BCUT2D eigenvalue weighted by Gasteiger charge is 2.42. The average molecular weight is 543 g/mol. The number of anilines is 2. The third-order valence-corrected chi connectivity index (χ3v) is 6.27. The summed E-state index contributed by atoms with van der Waals surface area (Å²) in [6.45, 7) is 0.776. The van der Waals surface area contributed by atoms with E-state index in [0.29, 0.717) is 5.56 Å². The van der Waals surface area contributed by atoms with E-state index in [4.69, 9.17) is 0 Å². The second-order valence-corrected chi connectivity index (χ2v) is 8.98. The van der Waals surface area contributed by atoms with Gasteiger partial charge in [-0.2, -0.15) is 0 Å². The first-order valence-corrected chi connectivity index (χ1v) is 12.4. The highest BCUT2D eigenvalue weighted by Crippen LogP contribution is 2.35. The molecule has 0 aromatic heterocycles. The van der Waals surface area contributed by atoms with E-state index in [9.17, 15) is 33.9 Å². The molecule has 4 amide bonds. The third-order valence-electron chi connectivity index (χ3n) is 6.27. The fraction of sp³-hybridized carbons (Fsp3) is 0.172. The maximum Gasteiger partial charge on any atom is 0.305 e. The van der Waals surface area contributed by atoms with Crippen LogP contribution in [0.25, 0.3) is 0 Å². The van der Waals surface area contributed by atoms with Crippen molar-refractivity contribution < 1.29 is 33.9 Å². The van der Waals surface area contributed by atoms with Crippen LogP contribution in [0.2, 0.25) is 0 Å². The Hall–Kier alpha value is -5.32. The van der Waals surface area contributed by atoms with Crippen LogP contribution in [0.15, 0.2) is 84.9 Å². The van der Waals surface area contributed by atoms with Crippen LogP contribution in [0.1, 0.15) is 34.1 Å². The zero-order valence-electron chi connectivity index (χ0n) is 21.5. The standard InChI is InChI=1S/C29H26N4O7/c1-19(35)32(22(18-34)16-26(36)37)33-25-15-9-8-14-24(25)31(28(39)21-12-6-3-7-13-21)17-23(29(33)40)30-27(38)20-10-4-2-5-11-20/h2-15,18,22-23H,16-17H2,1H3,(H,30,38)(H,36,37)/t22-,23-/m0/s1. The van der Waals surface area contributed by atoms with Crippen LogP contribution in [-0.2, 0) is 19.2 Å². The summed E-state index contributed by atoms with van der Waals surface area (Å²) in [6.07, 6.45) is -0.510. The number of aldehydes is 1. The maximum absolute atomic E-state index is 14.1. The molecule has 0 bridgehead atoms. The van der Waals surface area contributed by atoms with Gasteiger partial charge in [-0.15, -0.1) is 0 Å². The van der Waals surface area contributed by atoms with Crippen molar-refractivity contribution in [2.45, 2.75) is 25.4 Å². The van der Waals surface area contributed by atoms with Gasteiger partial charge >= 0.3 is 5.97 Å². The molecule has 4 rings (SSSR count). The van der Waals surface area contributed by atoms with Crippen molar-refractivity contribution in [3.05, 3.63) is 96.1 Å². The van der Waals surface area contributed by atoms with Gasteiger partial charge in [0.05, 0.1) is 24.3 Å². The van der Waals surface area contributed by atoms with E-state index in [2.05, 4.69) is 5.32 Å². The van der Waals surface area contributed by atoms with Gasteiger partial charge in [0.2, 0.25) is 5.91 Å². The van der Waals surface area contributed by atoms with Crippen LogP contribution in [0.3, 0.4) is 0 Å². The van der Waals surface area contributed by atoms with Gasteiger partial charge in [-0.3, -0.25) is 24.0 Å². The number of carbonyl (C=O) groups excluding carboxylic acids is 5. The molecular weight excluding hydrogens is 516 g/mol. The number of carboxylic acids is 1. The van der Waals surface area contributed by atoms with Crippen molar-refractivity contribution in [2.75, 3.05) is 16.5 Å². The van der Waals surface area contributed by atoms with E-state index < -0.39 is 48.1 Å². The van der Waals surface area contributed by atoms with Gasteiger partial charge < -0.3 is 20.1 Å². The summed E-state index contributed by atoms with van der Waals surface area (Å²) in [6, 6.07) is 19.7. The van der Waals surface area contributed by atoms with Crippen LogP contribution in [0, 0.1) is 0 Å². The number of nitrogens with one attached hydrogen (secondary N) is 1. The first-order chi connectivity index (χ1) is 19.2. The van der Waals surface area contributed by atoms with Crippen LogP contribution < -0.4 is 15.2 Å². The minimum Gasteiger partial charge on any atom is -0.481 e. The van der Waals surface area contributed by atoms with Crippen molar-refractivity contribution in [3.8, 4) is 0 Å². The Morgan fingerprint density at radius 3 is 2.02 bits per heavy atom. The van der Waals surface area contributed by atoms with E-state index in [-0.39, 0.29) is 29.8 Å². The molecule has 3 aromatic rings.